The number of hydrogen-bond acceptors (Lipinski definition) is 6. The highest BCUT2D eigenvalue weighted by molar-refractivity contribution is 7.12. The molecule has 1 atom stereocenters. The van der Waals surface area contributed by atoms with Crippen molar-refractivity contribution in [2.75, 3.05) is 36.0 Å². The summed E-state index contributed by atoms with van der Waals surface area (Å²) in [6.07, 6.45) is 0.135. The Morgan fingerprint density at radius 3 is 2.18 bits per heavy atom. The van der Waals surface area contributed by atoms with Crippen LogP contribution in [-0.2, 0) is 9.59 Å². The van der Waals surface area contributed by atoms with Crippen LogP contribution in [0.4, 0.5) is 15.8 Å². The van der Waals surface area contributed by atoms with Crippen molar-refractivity contribution < 1.29 is 18.8 Å². The second-order valence-corrected chi connectivity index (χ2v) is 9.09. The molecule has 0 unspecified atom stereocenters. The van der Waals surface area contributed by atoms with Crippen LogP contribution in [0, 0.1) is 5.82 Å². The highest BCUT2D eigenvalue weighted by Gasteiger charge is 2.43. The van der Waals surface area contributed by atoms with E-state index in [2.05, 4.69) is 9.80 Å². The molecule has 0 bridgehead atoms. The average Bonchev–Trinajstić information content (AvgIpc) is 3.48. The van der Waals surface area contributed by atoms with E-state index in [-0.39, 0.29) is 24.0 Å². The molecule has 0 saturated carbocycles. The van der Waals surface area contributed by atoms with Crippen LogP contribution in [0.1, 0.15) is 21.7 Å². The van der Waals surface area contributed by atoms with Crippen molar-refractivity contribution in [2.45, 2.75) is 12.5 Å². The normalized spacial score (nSPS) is 19.4. The van der Waals surface area contributed by atoms with Crippen molar-refractivity contribution in [3.63, 3.8) is 0 Å². The summed E-state index contributed by atoms with van der Waals surface area (Å²) in [6.45, 7) is 2.73. The minimum absolute atomic E-state index is 0.0245. The van der Waals surface area contributed by atoms with Crippen LogP contribution in [0.2, 0.25) is 0 Å². The van der Waals surface area contributed by atoms with Gasteiger partial charge in [0.1, 0.15) is 5.82 Å². The number of amides is 2. The maximum absolute atomic E-state index is 13.2. The van der Waals surface area contributed by atoms with E-state index in [0.717, 1.165) is 10.6 Å². The second-order valence-electron chi connectivity index (χ2n) is 8.14. The molecule has 2 aromatic carbocycles. The number of ketones is 1. The number of anilines is 2. The zero-order valence-corrected chi connectivity index (χ0v) is 18.6. The molecule has 2 aliphatic heterocycles. The first kappa shape index (κ1) is 21.5. The number of benzene rings is 2. The van der Waals surface area contributed by atoms with Crippen LogP contribution in [0.5, 0.6) is 0 Å². The van der Waals surface area contributed by atoms with Crippen molar-refractivity contribution >= 4 is 40.3 Å². The van der Waals surface area contributed by atoms with Crippen LogP contribution < -0.4 is 9.80 Å². The Bertz CT molecular complexity index is 1170. The van der Waals surface area contributed by atoms with Gasteiger partial charge in [-0.2, -0.15) is 0 Å². The Morgan fingerprint density at radius 1 is 0.879 bits per heavy atom. The van der Waals surface area contributed by atoms with Gasteiger partial charge in [-0.25, -0.2) is 9.29 Å². The minimum Gasteiger partial charge on any atom is -0.369 e. The van der Waals surface area contributed by atoms with E-state index in [9.17, 15) is 18.8 Å². The van der Waals surface area contributed by atoms with Gasteiger partial charge in [0.25, 0.3) is 5.91 Å². The lowest BCUT2D eigenvalue weighted by atomic mass is 10.1. The third-order valence-electron chi connectivity index (χ3n) is 6.20. The topological polar surface area (TPSA) is 60.9 Å². The van der Waals surface area contributed by atoms with Crippen LogP contribution >= 0.6 is 11.3 Å². The summed E-state index contributed by atoms with van der Waals surface area (Å²) in [5, 5.41) is 1.89. The quantitative estimate of drug-likeness (QED) is 0.428. The zero-order valence-electron chi connectivity index (χ0n) is 17.8. The van der Waals surface area contributed by atoms with E-state index < -0.39 is 11.9 Å². The lowest BCUT2D eigenvalue weighted by Crippen LogP contribution is -2.52. The summed E-state index contributed by atoms with van der Waals surface area (Å²) in [4.78, 5) is 44.2. The van der Waals surface area contributed by atoms with E-state index in [1.54, 1.807) is 0 Å². The Kier molecular flexibility index (Phi) is 5.78. The van der Waals surface area contributed by atoms with E-state index >= 15 is 0 Å². The first-order valence-electron chi connectivity index (χ1n) is 10.8. The number of thiophene rings is 1. The Hall–Kier alpha value is -3.36. The second kappa shape index (κ2) is 8.88. The third-order valence-corrected chi connectivity index (χ3v) is 7.07. The summed E-state index contributed by atoms with van der Waals surface area (Å²) >= 11 is 1.43. The first-order valence-corrected chi connectivity index (χ1v) is 11.7. The summed E-state index contributed by atoms with van der Waals surface area (Å²) in [7, 11) is 0. The number of nitrogens with zero attached hydrogens (tertiary/aromatic N) is 3. The molecule has 33 heavy (non-hydrogen) atoms. The number of imide groups is 1. The van der Waals surface area contributed by atoms with E-state index in [4.69, 9.17) is 0 Å². The Labute approximate surface area is 194 Å². The number of carbonyl (C=O) groups is 3. The Balaban J connectivity index is 1.21. The molecule has 3 aromatic rings. The molecule has 0 aliphatic carbocycles. The lowest BCUT2D eigenvalue weighted by Gasteiger charge is -2.38. The zero-order chi connectivity index (χ0) is 22.9. The fraction of sp³-hybridized carbons (Fsp3) is 0.240. The molecule has 8 heteroatoms. The molecule has 168 valence electrons. The van der Waals surface area contributed by atoms with Gasteiger partial charge < -0.3 is 4.90 Å². The molecule has 3 heterocycles. The van der Waals surface area contributed by atoms with Crippen molar-refractivity contribution in [2.24, 2.45) is 0 Å². The van der Waals surface area contributed by atoms with Crippen LogP contribution in [-0.4, -0.2) is 54.7 Å². The van der Waals surface area contributed by atoms with E-state index in [1.165, 1.54) is 40.5 Å². The SMILES string of the molecule is O=C(c1ccc(N2CCN([C@H]3CC(=O)N(c4ccc(F)cc4)C3=O)CC2)cc1)c1cccs1. The molecule has 2 saturated heterocycles. The first-order chi connectivity index (χ1) is 16.0. The predicted molar refractivity (Wildman–Crippen MR) is 125 cm³/mol. The highest BCUT2D eigenvalue weighted by Crippen LogP contribution is 2.27. The average molecular weight is 464 g/mol. The summed E-state index contributed by atoms with van der Waals surface area (Å²) in [5.41, 5.74) is 2.10. The van der Waals surface area contributed by atoms with Gasteiger partial charge in [-0.05, 0) is 60.0 Å². The Morgan fingerprint density at radius 2 is 1.55 bits per heavy atom. The maximum atomic E-state index is 13.2. The van der Waals surface area contributed by atoms with Crippen LogP contribution in [0.15, 0.2) is 66.0 Å². The van der Waals surface area contributed by atoms with Crippen molar-refractivity contribution in [3.8, 4) is 0 Å². The molecular formula is C25H22FN3O3S. The van der Waals surface area contributed by atoms with Crippen LogP contribution in [0.3, 0.4) is 0 Å². The molecule has 5 rings (SSSR count). The highest BCUT2D eigenvalue weighted by atomic mass is 32.1. The number of hydrogen-bond donors (Lipinski definition) is 0. The smallest absolute Gasteiger partial charge is 0.251 e. The number of rotatable bonds is 5. The molecule has 1 aromatic heterocycles. The third kappa shape index (κ3) is 4.19. The molecule has 2 aliphatic rings. The fourth-order valence-electron chi connectivity index (χ4n) is 4.43. The summed E-state index contributed by atoms with van der Waals surface area (Å²) in [5.74, 6) is -0.896. The van der Waals surface area contributed by atoms with Gasteiger partial charge in [0.15, 0.2) is 0 Å². The number of halogens is 1. The molecule has 0 N–H and O–H groups in total. The summed E-state index contributed by atoms with van der Waals surface area (Å²) in [6, 6.07) is 16.2. The van der Waals surface area contributed by atoms with Gasteiger partial charge >= 0.3 is 0 Å². The predicted octanol–water partition coefficient (Wildman–Crippen LogP) is 3.57. The molecule has 2 amide bonds. The van der Waals surface area contributed by atoms with Crippen LogP contribution in [0.25, 0.3) is 0 Å². The van der Waals surface area contributed by atoms with Crippen molar-refractivity contribution in [3.05, 3.63) is 82.3 Å². The van der Waals surface area contributed by atoms with E-state index in [1.807, 2.05) is 41.8 Å². The number of piperazine rings is 1. The largest absolute Gasteiger partial charge is 0.369 e. The molecule has 0 radical (unpaired) electrons. The van der Waals surface area contributed by atoms with Gasteiger partial charge in [-0.15, -0.1) is 11.3 Å². The van der Waals surface area contributed by atoms with Gasteiger partial charge in [0.05, 0.1) is 23.0 Å². The monoisotopic (exact) mass is 463 g/mol. The van der Waals surface area contributed by atoms with Gasteiger partial charge in [-0.3, -0.25) is 19.3 Å². The van der Waals surface area contributed by atoms with Crippen molar-refractivity contribution in [1.29, 1.82) is 0 Å². The number of carbonyl (C=O) groups excluding carboxylic acids is 3. The minimum atomic E-state index is -0.490. The lowest BCUT2D eigenvalue weighted by molar-refractivity contribution is -0.123. The molecular weight excluding hydrogens is 441 g/mol. The van der Waals surface area contributed by atoms with Crippen molar-refractivity contribution in [1.82, 2.24) is 4.90 Å². The molecule has 6 nitrogen and oxygen atoms in total. The van der Waals surface area contributed by atoms with Gasteiger partial charge in [0.2, 0.25) is 11.7 Å². The molecule has 0 spiro atoms. The summed E-state index contributed by atoms with van der Waals surface area (Å²) < 4.78 is 13.2. The molecule has 2 fully saturated rings. The maximum Gasteiger partial charge on any atom is 0.251 e. The standard InChI is InChI=1S/C25H22FN3O3S/c26-18-5-9-20(10-6-18)29-23(30)16-21(25(29)32)28-13-11-27(12-14-28)19-7-3-17(4-8-19)24(31)22-2-1-15-33-22/h1-10,15,21H,11-14,16H2/t21-/m0/s1. The van der Waals surface area contributed by atoms with Gasteiger partial charge in [-0.1, -0.05) is 6.07 Å². The van der Waals surface area contributed by atoms with E-state index in [0.29, 0.717) is 37.4 Å². The van der Waals surface area contributed by atoms with Gasteiger partial charge in [0, 0.05) is 37.4 Å². The fourth-order valence-corrected chi connectivity index (χ4v) is 5.11.